The van der Waals surface area contributed by atoms with Gasteiger partial charge in [0.15, 0.2) is 11.5 Å². The predicted molar refractivity (Wildman–Crippen MR) is 101 cm³/mol. The van der Waals surface area contributed by atoms with E-state index >= 15 is 0 Å². The van der Waals surface area contributed by atoms with E-state index in [1.54, 1.807) is 24.3 Å². The molecule has 3 heterocycles. The number of anilines is 1. The van der Waals surface area contributed by atoms with Crippen LogP contribution in [0.5, 0.6) is 11.5 Å². The smallest absolute Gasteiger partial charge is 0.274 e. The SMILES string of the molecule is O=C(Nc1ccn(S(=O)(=O)c2ccc3c(c2)OCCCO3)c1)c1ccccn1. The Morgan fingerprint density at radius 2 is 1.89 bits per heavy atom. The number of pyridine rings is 1. The highest BCUT2D eigenvalue weighted by molar-refractivity contribution is 7.90. The number of benzene rings is 1. The van der Waals surface area contributed by atoms with Gasteiger partial charge in [-0.1, -0.05) is 6.07 Å². The Labute approximate surface area is 161 Å². The Kier molecular flexibility index (Phi) is 4.74. The molecule has 4 rings (SSSR count). The third-order valence-electron chi connectivity index (χ3n) is 4.12. The lowest BCUT2D eigenvalue weighted by Crippen LogP contribution is -2.14. The molecule has 28 heavy (non-hydrogen) atoms. The lowest BCUT2D eigenvalue weighted by atomic mass is 10.3. The van der Waals surface area contributed by atoms with Crippen molar-refractivity contribution in [1.82, 2.24) is 8.96 Å². The Morgan fingerprint density at radius 1 is 1.07 bits per heavy atom. The number of nitrogens with zero attached hydrogens (tertiary/aromatic N) is 2. The fourth-order valence-electron chi connectivity index (χ4n) is 2.72. The van der Waals surface area contributed by atoms with Crippen molar-refractivity contribution in [1.29, 1.82) is 0 Å². The van der Waals surface area contributed by atoms with Gasteiger partial charge in [-0.2, -0.15) is 0 Å². The number of nitrogens with one attached hydrogen (secondary N) is 1. The molecule has 144 valence electrons. The van der Waals surface area contributed by atoms with Crippen molar-refractivity contribution < 1.29 is 22.7 Å². The fourth-order valence-corrected chi connectivity index (χ4v) is 3.93. The highest BCUT2D eigenvalue weighted by Crippen LogP contribution is 2.32. The number of hydrogen-bond donors (Lipinski definition) is 1. The highest BCUT2D eigenvalue weighted by atomic mass is 32.2. The van der Waals surface area contributed by atoms with Gasteiger partial charge in [-0.05, 0) is 30.3 Å². The minimum Gasteiger partial charge on any atom is -0.490 e. The summed E-state index contributed by atoms with van der Waals surface area (Å²) in [7, 11) is -3.85. The standard InChI is InChI=1S/C19H17N3O5S/c23-19(16-4-1-2-8-20-16)21-14-7-9-22(13-14)28(24,25)15-5-6-17-18(12-15)27-11-3-10-26-17/h1-2,4-9,12-13H,3,10-11H2,(H,21,23). The van der Waals surface area contributed by atoms with Gasteiger partial charge in [-0.3, -0.25) is 9.78 Å². The summed E-state index contributed by atoms with van der Waals surface area (Å²) in [5.74, 6) is 0.494. The van der Waals surface area contributed by atoms with E-state index < -0.39 is 15.9 Å². The normalized spacial score (nSPS) is 13.6. The number of ether oxygens (including phenoxy) is 2. The first-order valence-electron chi connectivity index (χ1n) is 8.60. The zero-order valence-electron chi connectivity index (χ0n) is 14.7. The van der Waals surface area contributed by atoms with Crippen LogP contribution in [0, 0.1) is 0 Å². The van der Waals surface area contributed by atoms with E-state index in [2.05, 4.69) is 10.3 Å². The molecule has 0 spiro atoms. The first-order valence-corrected chi connectivity index (χ1v) is 10.0. The molecule has 0 radical (unpaired) electrons. The van der Waals surface area contributed by atoms with E-state index in [4.69, 9.17) is 9.47 Å². The van der Waals surface area contributed by atoms with E-state index in [0.29, 0.717) is 30.4 Å². The molecule has 1 aliphatic rings. The Morgan fingerprint density at radius 3 is 2.68 bits per heavy atom. The van der Waals surface area contributed by atoms with Gasteiger partial charge in [0.1, 0.15) is 5.69 Å². The molecule has 0 bridgehead atoms. The van der Waals surface area contributed by atoms with Crippen molar-refractivity contribution in [2.24, 2.45) is 0 Å². The monoisotopic (exact) mass is 399 g/mol. The van der Waals surface area contributed by atoms with E-state index in [1.165, 1.54) is 36.8 Å². The molecule has 0 saturated heterocycles. The predicted octanol–water partition coefficient (Wildman–Crippen LogP) is 2.53. The second kappa shape index (κ2) is 7.35. The Hall–Kier alpha value is -3.33. The summed E-state index contributed by atoms with van der Waals surface area (Å²) in [6.07, 6.45) is 4.94. The van der Waals surface area contributed by atoms with Crippen molar-refractivity contribution in [2.75, 3.05) is 18.5 Å². The van der Waals surface area contributed by atoms with Crippen LogP contribution < -0.4 is 14.8 Å². The topological polar surface area (TPSA) is 99.5 Å². The molecule has 1 amide bonds. The first kappa shape index (κ1) is 18.1. The van der Waals surface area contributed by atoms with Gasteiger partial charge in [0.05, 0.1) is 23.8 Å². The molecule has 1 aromatic carbocycles. The Bertz CT molecular complexity index is 1110. The highest BCUT2D eigenvalue weighted by Gasteiger charge is 2.21. The summed E-state index contributed by atoms with van der Waals surface area (Å²) in [6, 6.07) is 11.0. The minimum absolute atomic E-state index is 0.0648. The van der Waals surface area contributed by atoms with Crippen LogP contribution in [-0.4, -0.2) is 36.5 Å². The van der Waals surface area contributed by atoms with Crippen molar-refractivity contribution >= 4 is 21.6 Å². The van der Waals surface area contributed by atoms with Gasteiger partial charge in [-0.25, -0.2) is 12.4 Å². The van der Waals surface area contributed by atoms with Gasteiger partial charge in [0.2, 0.25) is 0 Å². The van der Waals surface area contributed by atoms with Crippen LogP contribution in [-0.2, 0) is 10.0 Å². The molecule has 1 aliphatic heterocycles. The lowest BCUT2D eigenvalue weighted by Gasteiger charge is -2.10. The summed E-state index contributed by atoms with van der Waals surface area (Å²) >= 11 is 0. The summed E-state index contributed by atoms with van der Waals surface area (Å²) in [5, 5.41) is 2.63. The lowest BCUT2D eigenvalue weighted by molar-refractivity contribution is 0.102. The second-order valence-electron chi connectivity index (χ2n) is 6.06. The van der Waals surface area contributed by atoms with Crippen LogP contribution >= 0.6 is 0 Å². The van der Waals surface area contributed by atoms with Crippen LogP contribution in [0.3, 0.4) is 0 Å². The first-order chi connectivity index (χ1) is 13.5. The molecule has 0 atom stereocenters. The largest absolute Gasteiger partial charge is 0.490 e. The van der Waals surface area contributed by atoms with E-state index in [-0.39, 0.29) is 10.6 Å². The third-order valence-corrected chi connectivity index (χ3v) is 5.75. The molecule has 3 aromatic rings. The molecule has 8 nitrogen and oxygen atoms in total. The molecule has 2 aromatic heterocycles. The quantitative estimate of drug-likeness (QED) is 0.724. The summed E-state index contributed by atoms with van der Waals surface area (Å²) in [6.45, 7) is 0.986. The maximum Gasteiger partial charge on any atom is 0.274 e. The van der Waals surface area contributed by atoms with Crippen molar-refractivity contribution in [2.45, 2.75) is 11.3 Å². The second-order valence-corrected chi connectivity index (χ2v) is 7.91. The number of amides is 1. The van der Waals surface area contributed by atoms with E-state index in [1.807, 2.05) is 0 Å². The molecular formula is C19H17N3O5S. The fraction of sp³-hybridized carbons (Fsp3) is 0.158. The number of hydrogen-bond acceptors (Lipinski definition) is 6. The van der Waals surface area contributed by atoms with Crippen LogP contribution in [0.4, 0.5) is 5.69 Å². The third kappa shape index (κ3) is 3.56. The zero-order chi connectivity index (χ0) is 19.6. The molecule has 0 unspecified atom stereocenters. The molecule has 1 N–H and O–H groups in total. The van der Waals surface area contributed by atoms with Crippen molar-refractivity contribution in [3.63, 3.8) is 0 Å². The maximum absolute atomic E-state index is 12.9. The number of rotatable bonds is 4. The van der Waals surface area contributed by atoms with Crippen LogP contribution in [0.15, 0.2) is 66.0 Å². The zero-order valence-corrected chi connectivity index (χ0v) is 15.6. The van der Waals surface area contributed by atoms with Gasteiger partial charge >= 0.3 is 0 Å². The molecule has 0 fully saturated rings. The number of aromatic nitrogens is 2. The van der Waals surface area contributed by atoms with Crippen LogP contribution in [0.25, 0.3) is 0 Å². The molecular weight excluding hydrogens is 382 g/mol. The van der Waals surface area contributed by atoms with Crippen molar-refractivity contribution in [3.8, 4) is 11.5 Å². The molecule has 0 aliphatic carbocycles. The van der Waals surface area contributed by atoms with Crippen LogP contribution in [0.2, 0.25) is 0 Å². The summed E-state index contributed by atoms with van der Waals surface area (Å²) < 4.78 is 38.0. The average Bonchev–Trinajstić information content (AvgIpc) is 3.05. The molecule has 9 heteroatoms. The minimum atomic E-state index is -3.85. The van der Waals surface area contributed by atoms with E-state index in [0.717, 1.165) is 10.4 Å². The average molecular weight is 399 g/mol. The number of carbonyl (C=O) groups is 1. The van der Waals surface area contributed by atoms with Crippen molar-refractivity contribution in [3.05, 3.63) is 66.7 Å². The van der Waals surface area contributed by atoms with Gasteiger partial charge in [0, 0.05) is 31.1 Å². The number of fused-ring (bicyclic) bond motifs is 1. The maximum atomic E-state index is 12.9. The van der Waals surface area contributed by atoms with Gasteiger partial charge in [0.25, 0.3) is 15.9 Å². The van der Waals surface area contributed by atoms with Crippen LogP contribution in [0.1, 0.15) is 16.9 Å². The van der Waals surface area contributed by atoms with Gasteiger partial charge in [-0.15, -0.1) is 0 Å². The van der Waals surface area contributed by atoms with Gasteiger partial charge < -0.3 is 14.8 Å². The number of carbonyl (C=O) groups excluding carboxylic acids is 1. The summed E-state index contributed by atoms with van der Waals surface area (Å²) in [5.41, 5.74) is 0.578. The Balaban J connectivity index is 1.57. The van der Waals surface area contributed by atoms with E-state index in [9.17, 15) is 13.2 Å². The summed E-state index contributed by atoms with van der Waals surface area (Å²) in [4.78, 5) is 16.2. The molecule has 0 saturated carbocycles.